The summed E-state index contributed by atoms with van der Waals surface area (Å²) in [5.74, 6) is -1.32. The summed E-state index contributed by atoms with van der Waals surface area (Å²) in [6.07, 6.45) is 0. The van der Waals surface area contributed by atoms with Crippen molar-refractivity contribution < 1.29 is 14.8 Å². The summed E-state index contributed by atoms with van der Waals surface area (Å²) in [6.45, 7) is 1.38. The van der Waals surface area contributed by atoms with Gasteiger partial charge in [-0.25, -0.2) is 4.79 Å². The quantitative estimate of drug-likeness (QED) is 0.277. The van der Waals surface area contributed by atoms with Crippen molar-refractivity contribution in [3.05, 3.63) is 43.8 Å². The van der Waals surface area contributed by atoms with Crippen LogP contribution in [-0.4, -0.2) is 16.0 Å². The highest BCUT2D eigenvalue weighted by Gasteiger charge is 2.18. The number of carboxylic acids is 1. The monoisotopic (exact) mass is 222 g/mol. The zero-order valence-corrected chi connectivity index (χ0v) is 8.12. The Kier molecular flexibility index (Phi) is 3.07. The van der Waals surface area contributed by atoms with E-state index >= 15 is 0 Å². The van der Waals surface area contributed by atoms with Crippen LogP contribution in [0.2, 0.25) is 0 Å². The maximum atomic E-state index is 10.7. The highest BCUT2D eigenvalue weighted by molar-refractivity contribution is 5.90. The number of carboxylic acid groups (broad SMARTS) is 1. The molecule has 0 saturated carbocycles. The van der Waals surface area contributed by atoms with Gasteiger partial charge in [-0.05, 0) is 18.5 Å². The summed E-state index contributed by atoms with van der Waals surface area (Å²) < 4.78 is 0. The van der Waals surface area contributed by atoms with E-state index in [9.17, 15) is 14.9 Å². The number of nitro benzene ring substituents is 1. The Hall–Kier alpha value is -2.60. The minimum Gasteiger partial charge on any atom is -0.478 e. The van der Waals surface area contributed by atoms with Crippen molar-refractivity contribution in [2.75, 3.05) is 0 Å². The van der Waals surface area contributed by atoms with Gasteiger partial charge in [0, 0.05) is 22.2 Å². The van der Waals surface area contributed by atoms with Crippen LogP contribution in [0.3, 0.4) is 0 Å². The van der Waals surface area contributed by atoms with Gasteiger partial charge < -0.3 is 5.11 Å². The topological polar surface area (TPSA) is 129 Å². The van der Waals surface area contributed by atoms with Crippen LogP contribution >= 0.6 is 0 Å². The molecule has 82 valence electrons. The average molecular weight is 222 g/mol. The molecule has 0 aromatic heterocycles. The van der Waals surface area contributed by atoms with Crippen LogP contribution in [0.5, 0.6) is 0 Å². The van der Waals surface area contributed by atoms with Crippen LogP contribution in [0.1, 0.15) is 15.9 Å². The van der Waals surface area contributed by atoms with Crippen molar-refractivity contribution in [1.29, 1.82) is 0 Å². The number of azide groups is 1. The van der Waals surface area contributed by atoms with Gasteiger partial charge in [-0.3, -0.25) is 10.1 Å². The van der Waals surface area contributed by atoms with Crippen LogP contribution in [0.15, 0.2) is 17.2 Å². The number of aromatic carboxylic acids is 1. The first kappa shape index (κ1) is 11.5. The first-order chi connectivity index (χ1) is 7.47. The van der Waals surface area contributed by atoms with Gasteiger partial charge in [0.25, 0.3) is 5.69 Å². The van der Waals surface area contributed by atoms with Gasteiger partial charge in [0.1, 0.15) is 0 Å². The second-order valence-corrected chi connectivity index (χ2v) is 2.89. The number of nitro groups is 1. The lowest BCUT2D eigenvalue weighted by Gasteiger charge is -2.02. The molecule has 1 N–H and O–H groups in total. The molecule has 1 rings (SSSR count). The zero-order valence-electron chi connectivity index (χ0n) is 8.12. The van der Waals surface area contributed by atoms with Gasteiger partial charge in [0.05, 0.1) is 10.5 Å². The number of benzene rings is 1. The fourth-order valence-corrected chi connectivity index (χ4v) is 1.15. The molecule has 0 aliphatic carbocycles. The normalized spacial score (nSPS) is 9.31. The molecule has 0 bridgehead atoms. The number of rotatable bonds is 3. The molecule has 0 unspecified atom stereocenters. The lowest BCUT2D eigenvalue weighted by atomic mass is 10.1. The lowest BCUT2D eigenvalue weighted by molar-refractivity contribution is -0.385. The first-order valence-corrected chi connectivity index (χ1v) is 4.04. The Morgan fingerprint density at radius 3 is 2.69 bits per heavy atom. The fraction of sp³-hybridized carbons (Fsp3) is 0.125. The van der Waals surface area contributed by atoms with E-state index in [-0.39, 0.29) is 22.5 Å². The Morgan fingerprint density at radius 2 is 2.25 bits per heavy atom. The predicted molar refractivity (Wildman–Crippen MR) is 53.6 cm³/mol. The molecule has 0 aliphatic heterocycles. The number of hydrogen-bond donors (Lipinski definition) is 1. The van der Waals surface area contributed by atoms with Crippen LogP contribution < -0.4 is 0 Å². The Labute approximate surface area is 88.9 Å². The summed E-state index contributed by atoms with van der Waals surface area (Å²) in [5, 5.41) is 22.6. The average Bonchev–Trinajstić information content (AvgIpc) is 2.20. The van der Waals surface area contributed by atoms with Crippen LogP contribution in [0, 0.1) is 17.0 Å². The summed E-state index contributed by atoms with van der Waals surface area (Å²) in [4.78, 5) is 23.1. The zero-order chi connectivity index (χ0) is 12.3. The van der Waals surface area contributed by atoms with Gasteiger partial charge in [-0.2, -0.15) is 0 Å². The van der Waals surface area contributed by atoms with E-state index in [2.05, 4.69) is 10.0 Å². The summed E-state index contributed by atoms with van der Waals surface area (Å²) in [6, 6.07) is 2.01. The van der Waals surface area contributed by atoms with Crippen molar-refractivity contribution in [3.63, 3.8) is 0 Å². The van der Waals surface area contributed by atoms with Crippen molar-refractivity contribution in [3.8, 4) is 0 Å². The van der Waals surface area contributed by atoms with Crippen molar-refractivity contribution in [1.82, 2.24) is 0 Å². The van der Waals surface area contributed by atoms with E-state index < -0.39 is 10.9 Å². The van der Waals surface area contributed by atoms with E-state index in [1.807, 2.05) is 0 Å². The van der Waals surface area contributed by atoms with Crippen molar-refractivity contribution >= 4 is 17.3 Å². The molecular weight excluding hydrogens is 216 g/mol. The van der Waals surface area contributed by atoms with E-state index in [4.69, 9.17) is 10.6 Å². The molecule has 16 heavy (non-hydrogen) atoms. The molecule has 0 heterocycles. The van der Waals surface area contributed by atoms with Gasteiger partial charge >= 0.3 is 5.97 Å². The van der Waals surface area contributed by atoms with Crippen LogP contribution in [-0.2, 0) is 0 Å². The summed E-state index contributed by atoms with van der Waals surface area (Å²) in [5.41, 5.74) is 7.64. The van der Waals surface area contributed by atoms with Crippen molar-refractivity contribution in [2.45, 2.75) is 6.92 Å². The van der Waals surface area contributed by atoms with E-state index in [1.165, 1.54) is 6.92 Å². The number of hydrogen-bond acceptors (Lipinski definition) is 4. The first-order valence-electron chi connectivity index (χ1n) is 4.04. The molecule has 0 spiro atoms. The van der Waals surface area contributed by atoms with Gasteiger partial charge in [0.15, 0.2) is 0 Å². The van der Waals surface area contributed by atoms with Gasteiger partial charge in [-0.15, -0.1) is 0 Å². The second-order valence-electron chi connectivity index (χ2n) is 2.89. The van der Waals surface area contributed by atoms with Gasteiger partial charge in [-0.1, -0.05) is 5.11 Å². The molecule has 8 nitrogen and oxygen atoms in total. The standard InChI is InChI=1S/C8H6N4O4/c1-4-6(10-11-9)2-5(8(13)14)3-7(4)12(15)16/h2-3H,1H3,(H,13,14). The molecular formula is C8H6N4O4. The summed E-state index contributed by atoms with van der Waals surface area (Å²) >= 11 is 0. The molecule has 0 saturated heterocycles. The molecule has 0 radical (unpaired) electrons. The fourth-order valence-electron chi connectivity index (χ4n) is 1.15. The third kappa shape index (κ3) is 2.07. The Morgan fingerprint density at radius 1 is 1.62 bits per heavy atom. The van der Waals surface area contributed by atoms with Crippen molar-refractivity contribution in [2.24, 2.45) is 5.11 Å². The Bertz CT molecular complexity index is 496. The molecule has 0 amide bonds. The predicted octanol–water partition coefficient (Wildman–Crippen LogP) is 2.54. The largest absolute Gasteiger partial charge is 0.478 e. The molecule has 8 heteroatoms. The smallest absolute Gasteiger partial charge is 0.335 e. The third-order valence-corrected chi connectivity index (χ3v) is 1.95. The summed E-state index contributed by atoms with van der Waals surface area (Å²) in [7, 11) is 0. The minimum atomic E-state index is -1.32. The molecule has 1 aromatic rings. The highest BCUT2D eigenvalue weighted by Crippen LogP contribution is 2.29. The highest BCUT2D eigenvalue weighted by atomic mass is 16.6. The van der Waals surface area contributed by atoms with E-state index in [1.54, 1.807) is 0 Å². The van der Waals surface area contributed by atoms with E-state index in [0.29, 0.717) is 0 Å². The number of nitrogens with zero attached hydrogens (tertiary/aromatic N) is 4. The third-order valence-electron chi connectivity index (χ3n) is 1.95. The van der Waals surface area contributed by atoms with E-state index in [0.717, 1.165) is 12.1 Å². The Balaban J connectivity index is 3.56. The van der Waals surface area contributed by atoms with Gasteiger partial charge in [0.2, 0.25) is 0 Å². The maximum Gasteiger partial charge on any atom is 0.335 e. The van der Waals surface area contributed by atoms with Crippen LogP contribution in [0.4, 0.5) is 11.4 Å². The molecule has 1 aromatic carbocycles. The maximum absolute atomic E-state index is 10.7. The SMILES string of the molecule is Cc1c(N=[N+]=[N-])cc(C(=O)O)cc1[N+](=O)[O-]. The minimum absolute atomic E-state index is 0.0610. The lowest BCUT2D eigenvalue weighted by Crippen LogP contribution is -2.00. The molecule has 0 aliphatic rings. The van der Waals surface area contributed by atoms with Crippen LogP contribution in [0.25, 0.3) is 10.4 Å². The number of carbonyl (C=O) groups is 1. The molecule has 0 fully saturated rings. The molecule has 0 atom stereocenters. The second kappa shape index (κ2) is 4.28.